The van der Waals surface area contributed by atoms with Crippen molar-refractivity contribution in [3.8, 4) is 0 Å². The third-order valence-electron chi connectivity index (χ3n) is 3.14. The minimum absolute atomic E-state index is 0.0921. The summed E-state index contributed by atoms with van der Waals surface area (Å²) in [6.45, 7) is 3.36. The summed E-state index contributed by atoms with van der Waals surface area (Å²) in [5, 5.41) is 14.9. The predicted molar refractivity (Wildman–Crippen MR) is 82.1 cm³/mol. The molecular weight excluding hydrogens is 252 g/mol. The van der Waals surface area contributed by atoms with Crippen molar-refractivity contribution in [3.05, 3.63) is 42.5 Å². The molecule has 5 N–H and O–H groups in total. The summed E-state index contributed by atoms with van der Waals surface area (Å²) in [5.74, 6) is -0.0921. The van der Waals surface area contributed by atoms with E-state index >= 15 is 0 Å². The Bertz CT molecular complexity index is 658. The van der Waals surface area contributed by atoms with Crippen LogP contribution in [-0.4, -0.2) is 17.4 Å². The minimum Gasteiger partial charge on any atom is -0.386 e. The van der Waals surface area contributed by atoms with Crippen molar-refractivity contribution in [3.63, 3.8) is 0 Å². The Morgan fingerprint density at radius 3 is 2.50 bits per heavy atom. The van der Waals surface area contributed by atoms with Crippen LogP contribution in [0.25, 0.3) is 10.8 Å². The summed E-state index contributed by atoms with van der Waals surface area (Å²) >= 11 is 0. The van der Waals surface area contributed by atoms with Gasteiger partial charge in [0.1, 0.15) is 5.84 Å². The maximum absolute atomic E-state index is 12.0. The van der Waals surface area contributed by atoms with Crippen LogP contribution in [0.15, 0.2) is 42.5 Å². The summed E-state index contributed by atoms with van der Waals surface area (Å²) in [4.78, 5) is 12.0. The average Bonchev–Trinajstić information content (AvgIpc) is 2.38. The highest BCUT2D eigenvalue weighted by molar-refractivity contribution is 6.03. The highest BCUT2D eigenvalue weighted by Gasteiger charge is 2.23. The second kappa shape index (κ2) is 5.21. The van der Waals surface area contributed by atoms with Crippen LogP contribution in [0.1, 0.15) is 13.8 Å². The van der Waals surface area contributed by atoms with Crippen molar-refractivity contribution in [2.45, 2.75) is 19.4 Å². The molecule has 0 aromatic heterocycles. The number of urea groups is 1. The first-order valence-corrected chi connectivity index (χ1v) is 6.31. The number of hydrogen-bond donors (Lipinski definition) is 4. The van der Waals surface area contributed by atoms with Crippen molar-refractivity contribution < 1.29 is 4.79 Å². The number of nitrogens with one attached hydrogen (secondary N) is 3. The third-order valence-corrected chi connectivity index (χ3v) is 3.14. The molecule has 2 aromatic rings. The normalized spacial score (nSPS) is 11.1. The zero-order chi connectivity index (χ0) is 14.8. The summed E-state index contributed by atoms with van der Waals surface area (Å²) in [6, 6.07) is 13.1. The number of amides is 2. The lowest BCUT2D eigenvalue weighted by Crippen LogP contribution is -2.53. The topological polar surface area (TPSA) is 91.0 Å². The average molecular weight is 270 g/mol. The van der Waals surface area contributed by atoms with Gasteiger partial charge < -0.3 is 16.4 Å². The Hall–Kier alpha value is -2.56. The van der Waals surface area contributed by atoms with Crippen LogP contribution < -0.4 is 16.4 Å². The molecule has 0 saturated heterocycles. The number of rotatable bonds is 3. The summed E-state index contributed by atoms with van der Waals surface area (Å²) < 4.78 is 0. The number of benzene rings is 2. The van der Waals surface area contributed by atoms with E-state index in [9.17, 15) is 4.79 Å². The van der Waals surface area contributed by atoms with Gasteiger partial charge in [-0.1, -0.05) is 36.4 Å². The van der Waals surface area contributed by atoms with Gasteiger partial charge in [0.15, 0.2) is 0 Å². The van der Waals surface area contributed by atoms with Gasteiger partial charge in [0.25, 0.3) is 0 Å². The van der Waals surface area contributed by atoms with Crippen LogP contribution in [0, 0.1) is 5.41 Å². The third kappa shape index (κ3) is 2.88. The van der Waals surface area contributed by atoms with Crippen molar-refractivity contribution in [2.75, 3.05) is 5.32 Å². The van der Waals surface area contributed by atoms with E-state index in [0.29, 0.717) is 0 Å². The fraction of sp³-hybridized carbons (Fsp3) is 0.200. The maximum atomic E-state index is 12.0. The van der Waals surface area contributed by atoms with Gasteiger partial charge in [0.2, 0.25) is 0 Å². The standard InChI is InChI=1S/C15H18N4O/c1-15(2,13(16)17)19-14(20)18-12-9-5-7-10-6-3-4-8-11(10)12/h3-9H,1-2H3,(H3,16,17)(H2,18,19,20). The van der Waals surface area contributed by atoms with E-state index in [1.54, 1.807) is 13.8 Å². The molecule has 0 aliphatic heterocycles. The lowest BCUT2D eigenvalue weighted by Gasteiger charge is -2.24. The van der Waals surface area contributed by atoms with E-state index in [1.165, 1.54) is 0 Å². The van der Waals surface area contributed by atoms with Crippen LogP contribution in [0.4, 0.5) is 10.5 Å². The van der Waals surface area contributed by atoms with Crippen molar-refractivity contribution >= 4 is 28.3 Å². The molecule has 0 aliphatic carbocycles. The van der Waals surface area contributed by atoms with Gasteiger partial charge in [-0.15, -0.1) is 0 Å². The molecule has 0 aliphatic rings. The van der Waals surface area contributed by atoms with Gasteiger partial charge in [0, 0.05) is 5.39 Å². The molecule has 2 amide bonds. The molecule has 0 saturated carbocycles. The van der Waals surface area contributed by atoms with Gasteiger partial charge in [-0.05, 0) is 25.3 Å². The van der Waals surface area contributed by atoms with Crippen molar-refractivity contribution in [1.82, 2.24) is 5.32 Å². The Balaban J connectivity index is 2.21. The van der Waals surface area contributed by atoms with Gasteiger partial charge in [-0.25, -0.2) is 4.79 Å². The van der Waals surface area contributed by atoms with Crippen LogP contribution in [0.3, 0.4) is 0 Å². The van der Waals surface area contributed by atoms with E-state index in [-0.39, 0.29) is 11.9 Å². The maximum Gasteiger partial charge on any atom is 0.320 e. The summed E-state index contributed by atoms with van der Waals surface area (Å²) in [7, 11) is 0. The second-order valence-electron chi connectivity index (χ2n) is 5.14. The molecule has 0 heterocycles. The smallest absolute Gasteiger partial charge is 0.320 e. The van der Waals surface area contributed by atoms with Gasteiger partial charge >= 0.3 is 6.03 Å². The second-order valence-corrected chi connectivity index (χ2v) is 5.14. The number of anilines is 1. The minimum atomic E-state index is -0.880. The molecule has 0 spiro atoms. The Morgan fingerprint density at radius 2 is 1.80 bits per heavy atom. The van der Waals surface area contributed by atoms with E-state index in [2.05, 4.69) is 10.6 Å². The lowest BCUT2D eigenvalue weighted by molar-refractivity contribution is 0.247. The predicted octanol–water partition coefficient (Wildman–Crippen LogP) is 2.68. The van der Waals surface area contributed by atoms with Crippen LogP contribution in [0.5, 0.6) is 0 Å². The van der Waals surface area contributed by atoms with Gasteiger partial charge in [0.05, 0.1) is 11.2 Å². The molecule has 5 heteroatoms. The fourth-order valence-corrected chi connectivity index (χ4v) is 1.84. The SMILES string of the molecule is CC(C)(NC(=O)Nc1cccc2ccccc12)C(=N)N. The first-order chi connectivity index (χ1) is 9.40. The molecule has 0 bridgehead atoms. The largest absolute Gasteiger partial charge is 0.386 e. The van der Waals surface area contributed by atoms with E-state index in [4.69, 9.17) is 11.1 Å². The van der Waals surface area contributed by atoms with Crippen LogP contribution in [0.2, 0.25) is 0 Å². The number of nitrogens with two attached hydrogens (primary N) is 1. The molecular formula is C15H18N4O. The molecule has 5 nitrogen and oxygen atoms in total. The van der Waals surface area contributed by atoms with Crippen LogP contribution in [-0.2, 0) is 0 Å². The Morgan fingerprint density at radius 1 is 1.15 bits per heavy atom. The number of amidine groups is 1. The molecule has 20 heavy (non-hydrogen) atoms. The summed E-state index contributed by atoms with van der Waals surface area (Å²) in [5.41, 5.74) is 5.29. The number of hydrogen-bond acceptors (Lipinski definition) is 2. The van der Waals surface area contributed by atoms with Crippen molar-refractivity contribution in [1.29, 1.82) is 5.41 Å². The lowest BCUT2D eigenvalue weighted by atomic mass is 10.1. The van der Waals surface area contributed by atoms with Crippen LogP contribution >= 0.6 is 0 Å². The highest BCUT2D eigenvalue weighted by atomic mass is 16.2. The molecule has 2 rings (SSSR count). The molecule has 0 fully saturated rings. The van der Waals surface area contributed by atoms with E-state index in [1.807, 2.05) is 42.5 Å². The number of carbonyl (C=O) groups excluding carboxylic acids is 1. The molecule has 104 valence electrons. The number of carbonyl (C=O) groups is 1. The fourth-order valence-electron chi connectivity index (χ4n) is 1.84. The molecule has 0 radical (unpaired) electrons. The quantitative estimate of drug-likeness (QED) is 0.510. The Kier molecular flexibility index (Phi) is 3.61. The number of fused-ring (bicyclic) bond motifs is 1. The zero-order valence-electron chi connectivity index (χ0n) is 11.5. The van der Waals surface area contributed by atoms with E-state index < -0.39 is 5.54 Å². The molecule has 0 unspecified atom stereocenters. The highest BCUT2D eigenvalue weighted by Crippen LogP contribution is 2.22. The first-order valence-electron chi connectivity index (χ1n) is 6.31. The Labute approximate surface area is 117 Å². The monoisotopic (exact) mass is 270 g/mol. The zero-order valence-corrected chi connectivity index (χ0v) is 11.5. The summed E-state index contributed by atoms with van der Waals surface area (Å²) in [6.07, 6.45) is 0. The van der Waals surface area contributed by atoms with Crippen molar-refractivity contribution in [2.24, 2.45) is 5.73 Å². The van der Waals surface area contributed by atoms with Gasteiger partial charge in [-0.3, -0.25) is 5.41 Å². The first kappa shape index (κ1) is 13.9. The molecule has 0 atom stereocenters. The van der Waals surface area contributed by atoms with Gasteiger partial charge in [-0.2, -0.15) is 0 Å². The molecule has 2 aromatic carbocycles. The van der Waals surface area contributed by atoms with E-state index in [0.717, 1.165) is 16.5 Å².